The monoisotopic (exact) mass is 350 g/mol. The Labute approximate surface area is 141 Å². The van der Waals surface area contributed by atoms with Crippen molar-refractivity contribution < 1.29 is 13.2 Å². The maximum atomic E-state index is 12.6. The molecular formula is C16H22N4O3S. The summed E-state index contributed by atoms with van der Waals surface area (Å²) in [6, 6.07) is 3.47. The van der Waals surface area contributed by atoms with E-state index in [1.165, 1.54) is 0 Å². The largest absolute Gasteiger partial charge is 0.354 e. The maximum absolute atomic E-state index is 12.6. The van der Waals surface area contributed by atoms with E-state index in [0.717, 1.165) is 18.5 Å². The highest BCUT2D eigenvalue weighted by molar-refractivity contribution is 7.91. The second-order valence-corrected chi connectivity index (χ2v) is 8.42. The van der Waals surface area contributed by atoms with Crippen LogP contribution in [0.1, 0.15) is 24.4 Å². The van der Waals surface area contributed by atoms with E-state index in [1.54, 1.807) is 29.0 Å². The van der Waals surface area contributed by atoms with Crippen LogP contribution >= 0.6 is 0 Å². The van der Waals surface area contributed by atoms with Crippen molar-refractivity contribution in [2.75, 3.05) is 18.1 Å². The second-order valence-electron chi connectivity index (χ2n) is 6.19. The minimum Gasteiger partial charge on any atom is -0.354 e. The molecule has 1 saturated heterocycles. The van der Waals surface area contributed by atoms with Crippen LogP contribution in [0, 0.1) is 0 Å². The van der Waals surface area contributed by atoms with E-state index < -0.39 is 15.9 Å². The molecular weight excluding hydrogens is 328 g/mol. The summed E-state index contributed by atoms with van der Waals surface area (Å²) in [6.45, 7) is 1.03. The Bertz CT molecular complexity index is 795. The molecule has 2 aromatic heterocycles. The molecule has 3 heterocycles. The predicted molar refractivity (Wildman–Crippen MR) is 90.0 cm³/mol. The number of hydrogen-bond donors (Lipinski definition) is 0. The molecule has 0 unspecified atom stereocenters. The normalized spacial score (nSPS) is 20.2. The summed E-state index contributed by atoms with van der Waals surface area (Å²) in [5.41, 5.74) is 0.777. The van der Waals surface area contributed by atoms with Crippen LogP contribution in [0.5, 0.6) is 0 Å². The molecule has 0 aliphatic carbocycles. The molecule has 1 aliphatic heterocycles. The maximum Gasteiger partial charge on any atom is 0.223 e. The first-order valence-electron chi connectivity index (χ1n) is 8.04. The molecule has 8 heteroatoms. The van der Waals surface area contributed by atoms with E-state index >= 15 is 0 Å². The smallest absolute Gasteiger partial charge is 0.223 e. The van der Waals surface area contributed by atoms with Crippen LogP contribution in [0.2, 0.25) is 0 Å². The first-order valence-corrected chi connectivity index (χ1v) is 9.86. The zero-order valence-corrected chi connectivity index (χ0v) is 14.5. The number of aryl methyl sites for hydroxylation is 2. The van der Waals surface area contributed by atoms with Gasteiger partial charge in [0.15, 0.2) is 9.84 Å². The third kappa shape index (κ3) is 3.87. The van der Waals surface area contributed by atoms with Crippen LogP contribution in [0.15, 0.2) is 36.9 Å². The molecule has 0 aromatic carbocycles. The van der Waals surface area contributed by atoms with Gasteiger partial charge in [0.1, 0.15) is 0 Å². The van der Waals surface area contributed by atoms with Crippen LogP contribution in [-0.4, -0.2) is 51.6 Å². The summed E-state index contributed by atoms with van der Waals surface area (Å²) >= 11 is 0. The van der Waals surface area contributed by atoms with Crippen LogP contribution in [0.4, 0.5) is 0 Å². The lowest BCUT2D eigenvalue weighted by molar-refractivity contribution is -0.133. The van der Waals surface area contributed by atoms with Gasteiger partial charge in [-0.2, -0.15) is 5.10 Å². The minimum absolute atomic E-state index is 0.00547. The molecule has 0 bridgehead atoms. The third-order valence-corrected chi connectivity index (χ3v) is 5.96. The average Bonchev–Trinajstić information content (AvgIpc) is 3.18. The molecule has 7 nitrogen and oxygen atoms in total. The van der Waals surface area contributed by atoms with Crippen molar-refractivity contribution in [1.29, 1.82) is 0 Å². The molecule has 0 radical (unpaired) electrons. The Hall–Kier alpha value is -2.09. The van der Waals surface area contributed by atoms with Crippen molar-refractivity contribution in [3.8, 4) is 0 Å². The lowest BCUT2D eigenvalue weighted by Crippen LogP contribution is -2.46. The fourth-order valence-electron chi connectivity index (χ4n) is 3.07. The summed E-state index contributed by atoms with van der Waals surface area (Å²) in [5.74, 6) is 0.0145. The number of carbonyl (C=O) groups is 1. The van der Waals surface area contributed by atoms with Crippen molar-refractivity contribution >= 4 is 15.7 Å². The van der Waals surface area contributed by atoms with Gasteiger partial charge in [-0.1, -0.05) is 0 Å². The third-order valence-electron chi connectivity index (χ3n) is 4.33. The summed E-state index contributed by atoms with van der Waals surface area (Å²) in [7, 11) is -1.35. The fraction of sp³-hybridized carbons (Fsp3) is 0.500. The van der Waals surface area contributed by atoms with Gasteiger partial charge in [0.05, 0.1) is 23.7 Å². The minimum atomic E-state index is -3.13. The van der Waals surface area contributed by atoms with Crippen molar-refractivity contribution in [3.05, 3.63) is 42.5 Å². The molecule has 0 saturated carbocycles. The van der Waals surface area contributed by atoms with E-state index in [1.807, 2.05) is 29.1 Å². The first-order chi connectivity index (χ1) is 11.4. The second kappa shape index (κ2) is 6.80. The average molecular weight is 350 g/mol. The molecule has 24 heavy (non-hydrogen) atoms. The number of nitrogens with zero attached hydrogens (tertiary/aromatic N) is 4. The Morgan fingerprint density at radius 1 is 1.33 bits per heavy atom. The summed E-state index contributed by atoms with van der Waals surface area (Å²) in [4.78, 5) is 14.3. The molecule has 1 fully saturated rings. The molecule has 0 spiro atoms. The van der Waals surface area contributed by atoms with E-state index in [-0.39, 0.29) is 24.0 Å². The van der Waals surface area contributed by atoms with E-state index in [4.69, 9.17) is 0 Å². The van der Waals surface area contributed by atoms with Gasteiger partial charge in [0.2, 0.25) is 5.91 Å². The van der Waals surface area contributed by atoms with Gasteiger partial charge >= 0.3 is 0 Å². The van der Waals surface area contributed by atoms with Gasteiger partial charge in [-0.15, -0.1) is 0 Å². The number of aromatic nitrogens is 3. The van der Waals surface area contributed by atoms with E-state index in [9.17, 15) is 13.2 Å². The van der Waals surface area contributed by atoms with Crippen molar-refractivity contribution in [2.45, 2.75) is 25.4 Å². The van der Waals surface area contributed by atoms with Gasteiger partial charge in [0, 0.05) is 50.7 Å². The molecule has 130 valence electrons. The highest BCUT2D eigenvalue weighted by atomic mass is 32.2. The Balaban J connectivity index is 1.68. The topological polar surface area (TPSA) is 77.2 Å². The predicted octanol–water partition coefficient (Wildman–Crippen LogP) is 1.00. The van der Waals surface area contributed by atoms with E-state index in [2.05, 4.69) is 5.10 Å². The van der Waals surface area contributed by atoms with Crippen LogP contribution in [0.25, 0.3) is 0 Å². The summed E-state index contributed by atoms with van der Waals surface area (Å²) in [6.07, 6.45) is 8.51. The number of hydrogen-bond acceptors (Lipinski definition) is 4. The molecule has 0 N–H and O–H groups in total. The Kier molecular flexibility index (Phi) is 4.75. The molecule has 2 aromatic rings. The summed E-state index contributed by atoms with van der Waals surface area (Å²) < 4.78 is 27.7. The zero-order valence-electron chi connectivity index (χ0n) is 13.7. The highest BCUT2D eigenvalue weighted by Crippen LogP contribution is 2.27. The van der Waals surface area contributed by atoms with Gasteiger partial charge < -0.3 is 9.47 Å². The number of carbonyl (C=O) groups excluding carboxylic acids is 1. The Morgan fingerprint density at radius 2 is 2.08 bits per heavy atom. The van der Waals surface area contributed by atoms with Crippen molar-refractivity contribution in [3.63, 3.8) is 0 Å². The Morgan fingerprint density at radius 3 is 2.75 bits per heavy atom. The van der Waals surface area contributed by atoms with E-state index in [0.29, 0.717) is 6.42 Å². The quantitative estimate of drug-likeness (QED) is 0.806. The molecule has 1 aliphatic rings. The lowest BCUT2D eigenvalue weighted by atomic mass is 10.1. The van der Waals surface area contributed by atoms with Crippen LogP contribution < -0.4 is 0 Å². The lowest BCUT2D eigenvalue weighted by Gasteiger charge is -2.35. The fourth-order valence-corrected chi connectivity index (χ4v) is 4.56. The number of amides is 1. The highest BCUT2D eigenvalue weighted by Gasteiger charge is 2.35. The first kappa shape index (κ1) is 16.8. The van der Waals surface area contributed by atoms with Gasteiger partial charge in [-0.05, 0) is 18.6 Å². The van der Waals surface area contributed by atoms with Crippen LogP contribution in [0.3, 0.4) is 0 Å². The number of sulfone groups is 1. The van der Waals surface area contributed by atoms with Crippen molar-refractivity contribution in [1.82, 2.24) is 19.2 Å². The van der Waals surface area contributed by atoms with Gasteiger partial charge in [-0.25, -0.2) is 8.42 Å². The number of rotatable bonds is 5. The zero-order chi connectivity index (χ0) is 17.2. The summed E-state index contributed by atoms with van der Waals surface area (Å²) in [5, 5.41) is 4.11. The molecule has 1 atom stereocenters. The molecule has 3 rings (SSSR count). The SMILES string of the molecule is Cn1cc([C@H]2CS(=O)(=O)CCN2C(=O)CCCn2cccc2)cn1. The van der Waals surface area contributed by atoms with Gasteiger partial charge in [0.25, 0.3) is 0 Å². The molecule has 1 amide bonds. The van der Waals surface area contributed by atoms with Crippen molar-refractivity contribution in [2.24, 2.45) is 7.05 Å². The standard InChI is InChI=1S/C16H22N4O3S/c1-18-12-14(11-17-18)15-13-24(22,23)10-9-20(15)16(21)5-4-8-19-6-2-3-7-19/h2-3,6-7,11-12,15H,4-5,8-10,13H2,1H3/t15-/m1/s1. The van der Waals surface area contributed by atoms with Gasteiger partial charge in [-0.3, -0.25) is 9.48 Å². The van der Waals surface area contributed by atoms with Crippen LogP contribution in [-0.2, 0) is 28.2 Å².